The van der Waals surface area contributed by atoms with Crippen LogP contribution in [0.4, 0.5) is 26.3 Å². The Kier molecular flexibility index (Phi) is 5.04. The van der Waals surface area contributed by atoms with Gasteiger partial charge in [-0.1, -0.05) is 12.1 Å². The Morgan fingerprint density at radius 3 is 2.32 bits per heavy atom. The Morgan fingerprint density at radius 2 is 1.79 bits per heavy atom. The fourth-order valence-electron chi connectivity index (χ4n) is 1.34. The number of halogens is 6. The van der Waals surface area contributed by atoms with E-state index in [-0.39, 0.29) is 5.56 Å². The Bertz CT molecular complexity index is 412. The molecule has 0 heterocycles. The molecule has 0 saturated carbocycles. The molecule has 2 N–H and O–H groups in total. The van der Waals surface area contributed by atoms with Crippen molar-refractivity contribution in [1.82, 2.24) is 0 Å². The topological polar surface area (TPSA) is 35.2 Å². The maximum Gasteiger partial charge on any atom is 0.461 e. The lowest BCUT2D eigenvalue weighted by atomic mass is 10.0. The molecule has 8 heteroatoms. The zero-order valence-electron chi connectivity index (χ0n) is 9.50. The number of nitrogens with two attached hydrogens (primary N) is 1. The van der Waals surface area contributed by atoms with Gasteiger partial charge in [-0.25, -0.2) is 8.78 Å². The van der Waals surface area contributed by atoms with Gasteiger partial charge >= 0.3 is 12.5 Å². The second-order valence-electron chi connectivity index (χ2n) is 3.77. The molecule has 0 unspecified atom stereocenters. The highest BCUT2D eigenvalue weighted by Gasteiger charge is 2.44. The first-order chi connectivity index (χ1) is 8.72. The second kappa shape index (κ2) is 6.14. The summed E-state index contributed by atoms with van der Waals surface area (Å²) in [6.45, 7) is 0. The predicted molar refractivity (Wildman–Crippen MR) is 55.6 cm³/mol. The zero-order valence-corrected chi connectivity index (χ0v) is 9.50. The smallest absolute Gasteiger partial charge is 0.428 e. The third kappa shape index (κ3) is 4.62. The number of alkyl halides is 6. The highest BCUT2D eigenvalue weighted by Crippen LogP contribution is 2.29. The molecule has 0 aromatic heterocycles. The Labute approximate surface area is 105 Å². The number of benzene rings is 1. The third-order valence-electron chi connectivity index (χ3n) is 2.23. The SMILES string of the molecule is N[C@@H](CC(F)F)c1cccc(OC(F)(F)C(F)F)c1. The summed E-state index contributed by atoms with van der Waals surface area (Å²) in [5.41, 5.74) is 5.52. The molecule has 0 aliphatic carbocycles. The summed E-state index contributed by atoms with van der Waals surface area (Å²) in [5.74, 6) is -0.562. The van der Waals surface area contributed by atoms with Crippen LogP contribution in [0.15, 0.2) is 24.3 Å². The van der Waals surface area contributed by atoms with Crippen molar-refractivity contribution >= 4 is 0 Å². The quantitative estimate of drug-likeness (QED) is 0.812. The minimum atomic E-state index is -4.65. The molecule has 0 amide bonds. The van der Waals surface area contributed by atoms with E-state index >= 15 is 0 Å². The van der Waals surface area contributed by atoms with Crippen LogP contribution in [0.1, 0.15) is 18.0 Å². The average Bonchev–Trinajstić information content (AvgIpc) is 2.27. The second-order valence-corrected chi connectivity index (χ2v) is 3.77. The lowest BCUT2D eigenvalue weighted by Crippen LogP contribution is -2.33. The van der Waals surface area contributed by atoms with Crippen LogP contribution in [0.25, 0.3) is 0 Å². The summed E-state index contributed by atoms with van der Waals surface area (Å²) in [6, 6.07) is 3.37. The van der Waals surface area contributed by atoms with Crippen LogP contribution < -0.4 is 10.5 Å². The summed E-state index contributed by atoms with van der Waals surface area (Å²) in [6.07, 6.45) is -12.0. The van der Waals surface area contributed by atoms with Crippen molar-refractivity contribution in [2.24, 2.45) is 5.73 Å². The summed E-state index contributed by atoms with van der Waals surface area (Å²) in [5, 5.41) is 0. The molecule has 1 atom stereocenters. The minimum absolute atomic E-state index is 0.0999. The summed E-state index contributed by atoms with van der Waals surface area (Å²) >= 11 is 0. The van der Waals surface area contributed by atoms with Crippen LogP contribution in [0, 0.1) is 0 Å². The standard InChI is InChI=1S/C11H11F6NO/c12-9(13)5-8(18)6-2-1-3-7(4-6)19-11(16,17)10(14)15/h1-4,8-10H,5,18H2/t8-/m0/s1. The van der Waals surface area contributed by atoms with E-state index in [0.29, 0.717) is 0 Å². The van der Waals surface area contributed by atoms with Gasteiger partial charge in [-0.2, -0.15) is 17.6 Å². The van der Waals surface area contributed by atoms with E-state index in [0.717, 1.165) is 12.1 Å². The maximum atomic E-state index is 12.7. The molecule has 0 saturated heterocycles. The minimum Gasteiger partial charge on any atom is -0.428 e. The first-order valence-corrected chi connectivity index (χ1v) is 5.21. The van der Waals surface area contributed by atoms with E-state index < -0.39 is 37.2 Å². The molecule has 0 spiro atoms. The van der Waals surface area contributed by atoms with E-state index in [4.69, 9.17) is 5.73 Å². The van der Waals surface area contributed by atoms with Crippen LogP contribution in [-0.2, 0) is 0 Å². The Morgan fingerprint density at radius 1 is 1.16 bits per heavy atom. The van der Waals surface area contributed by atoms with Crippen LogP contribution in [0.2, 0.25) is 0 Å². The molecule has 0 aliphatic rings. The Hall–Kier alpha value is -1.44. The van der Waals surface area contributed by atoms with Crippen molar-refractivity contribution < 1.29 is 31.1 Å². The average molecular weight is 287 g/mol. The van der Waals surface area contributed by atoms with Gasteiger partial charge in [0.15, 0.2) is 0 Å². The van der Waals surface area contributed by atoms with Gasteiger partial charge in [0.05, 0.1) is 0 Å². The molecule has 0 radical (unpaired) electrons. The fraction of sp³-hybridized carbons (Fsp3) is 0.455. The van der Waals surface area contributed by atoms with E-state index in [1.54, 1.807) is 0 Å². The van der Waals surface area contributed by atoms with Crippen molar-refractivity contribution in [3.8, 4) is 5.75 Å². The number of rotatable bonds is 6. The van der Waals surface area contributed by atoms with Crippen molar-refractivity contribution in [3.05, 3.63) is 29.8 Å². The molecule has 1 aromatic carbocycles. The molecule has 0 bridgehead atoms. The van der Waals surface area contributed by atoms with E-state index in [2.05, 4.69) is 4.74 Å². The van der Waals surface area contributed by atoms with Crippen molar-refractivity contribution in [3.63, 3.8) is 0 Å². The molecule has 0 fully saturated rings. The van der Waals surface area contributed by atoms with E-state index in [1.807, 2.05) is 0 Å². The Balaban J connectivity index is 2.83. The van der Waals surface area contributed by atoms with Gasteiger partial charge in [0.25, 0.3) is 0 Å². The monoisotopic (exact) mass is 287 g/mol. The molecule has 19 heavy (non-hydrogen) atoms. The predicted octanol–water partition coefficient (Wildman–Crippen LogP) is 3.58. The largest absolute Gasteiger partial charge is 0.461 e. The van der Waals surface area contributed by atoms with Gasteiger partial charge < -0.3 is 10.5 Å². The van der Waals surface area contributed by atoms with Crippen LogP contribution >= 0.6 is 0 Å². The zero-order chi connectivity index (χ0) is 14.6. The molecule has 2 nitrogen and oxygen atoms in total. The molecule has 0 aliphatic heterocycles. The highest BCUT2D eigenvalue weighted by molar-refractivity contribution is 5.30. The third-order valence-corrected chi connectivity index (χ3v) is 2.23. The summed E-state index contributed by atoms with van der Waals surface area (Å²) in [7, 11) is 0. The van der Waals surface area contributed by atoms with Gasteiger partial charge in [0.2, 0.25) is 6.43 Å². The molecule has 1 aromatic rings. The highest BCUT2D eigenvalue weighted by atomic mass is 19.3. The van der Waals surface area contributed by atoms with Gasteiger partial charge in [0.1, 0.15) is 5.75 Å². The molecule has 1 rings (SSSR count). The summed E-state index contributed by atoms with van der Waals surface area (Å²) < 4.78 is 77.2. The number of hydrogen-bond acceptors (Lipinski definition) is 2. The molecular formula is C11H11F6NO. The molecule has 108 valence electrons. The van der Waals surface area contributed by atoms with Crippen LogP contribution in [-0.4, -0.2) is 19.0 Å². The van der Waals surface area contributed by atoms with Gasteiger partial charge in [0, 0.05) is 12.5 Å². The summed E-state index contributed by atoms with van der Waals surface area (Å²) in [4.78, 5) is 0. The lowest BCUT2D eigenvalue weighted by molar-refractivity contribution is -0.253. The first kappa shape index (κ1) is 15.6. The normalized spacial score (nSPS) is 13.9. The van der Waals surface area contributed by atoms with Gasteiger partial charge in [-0.3, -0.25) is 0 Å². The van der Waals surface area contributed by atoms with Crippen LogP contribution in [0.3, 0.4) is 0 Å². The van der Waals surface area contributed by atoms with Gasteiger partial charge in [-0.15, -0.1) is 0 Å². The van der Waals surface area contributed by atoms with Crippen molar-refractivity contribution in [1.29, 1.82) is 0 Å². The number of ether oxygens (including phenoxy) is 1. The van der Waals surface area contributed by atoms with Crippen molar-refractivity contribution in [2.75, 3.05) is 0 Å². The van der Waals surface area contributed by atoms with Crippen LogP contribution in [0.5, 0.6) is 5.75 Å². The fourth-order valence-corrected chi connectivity index (χ4v) is 1.34. The van der Waals surface area contributed by atoms with E-state index in [9.17, 15) is 26.3 Å². The van der Waals surface area contributed by atoms with Gasteiger partial charge in [-0.05, 0) is 17.7 Å². The first-order valence-electron chi connectivity index (χ1n) is 5.21. The lowest BCUT2D eigenvalue weighted by Gasteiger charge is -2.18. The van der Waals surface area contributed by atoms with E-state index in [1.165, 1.54) is 12.1 Å². The number of hydrogen-bond donors (Lipinski definition) is 1. The maximum absolute atomic E-state index is 12.7. The molecular weight excluding hydrogens is 276 g/mol. The van der Waals surface area contributed by atoms with Crippen molar-refractivity contribution in [2.45, 2.75) is 31.4 Å².